The SMILES string of the molecule is CSC(=O)C1Cc2ccccc2C1. The first-order valence-corrected chi connectivity index (χ1v) is 5.68. The molecule has 1 aromatic carbocycles. The van der Waals surface area contributed by atoms with E-state index in [1.807, 2.05) is 18.4 Å². The molecule has 0 radical (unpaired) electrons. The molecule has 0 bridgehead atoms. The van der Waals surface area contributed by atoms with E-state index in [9.17, 15) is 4.79 Å². The summed E-state index contributed by atoms with van der Waals surface area (Å²) < 4.78 is 0. The Morgan fingerprint density at radius 2 is 1.85 bits per heavy atom. The minimum Gasteiger partial charge on any atom is -0.287 e. The summed E-state index contributed by atoms with van der Waals surface area (Å²) in [6, 6.07) is 8.35. The molecule has 0 fully saturated rings. The predicted molar refractivity (Wildman–Crippen MR) is 55.9 cm³/mol. The fraction of sp³-hybridized carbons (Fsp3) is 0.364. The maximum atomic E-state index is 11.4. The van der Waals surface area contributed by atoms with E-state index < -0.39 is 0 Å². The number of fused-ring (bicyclic) bond motifs is 1. The molecule has 0 saturated heterocycles. The Balaban J connectivity index is 2.18. The van der Waals surface area contributed by atoms with Crippen molar-refractivity contribution < 1.29 is 4.79 Å². The average molecular weight is 192 g/mol. The van der Waals surface area contributed by atoms with Crippen LogP contribution in [0, 0.1) is 5.92 Å². The molecule has 0 spiro atoms. The Labute approximate surface area is 82.5 Å². The summed E-state index contributed by atoms with van der Waals surface area (Å²) in [6.45, 7) is 0. The molecular formula is C11H12OS. The smallest absolute Gasteiger partial charge is 0.192 e. The highest BCUT2D eigenvalue weighted by Gasteiger charge is 2.25. The zero-order valence-corrected chi connectivity index (χ0v) is 8.43. The van der Waals surface area contributed by atoms with Crippen LogP contribution >= 0.6 is 11.8 Å². The number of hydrogen-bond donors (Lipinski definition) is 0. The van der Waals surface area contributed by atoms with Crippen LogP contribution in [0.4, 0.5) is 0 Å². The van der Waals surface area contributed by atoms with Gasteiger partial charge in [-0.2, -0.15) is 0 Å². The van der Waals surface area contributed by atoms with E-state index in [0.717, 1.165) is 12.8 Å². The molecule has 0 aromatic heterocycles. The third kappa shape index (κ3) is 1.63. The number of benzene rings is 1. The highest BCUT2D eigenvalue weighted by Crippen LogP contribution is 2.28. The fourth-order valence-electron chi connectivity index (χ4n) is 1.89. The molecule has 2 heteroatoms. The van der Waals surface area contributed by atoms with Crippen LogP contribution in [-0.2, 0) is 17.6 Å². The van der Waals surface area contributed by atoms with E-state index in [0.29, 0.717) is 5.12 Å². The maximum absolute atomic E-state index is 11.4. The van der Waals surface area contributed by atoms with Crippen molar-refractivity contribution in [2.24, 2.45) is 5.92 Å². The molecule has 0 N–H and O–H groups in total. The van der Waals surface area contributed by atoms with Gasteiger partial charge in [-0.05, 0) is 30.2 Å². The molecule has 0 heterocycles. The Morgan fingerprint density at radius 1 is 1.31 bits per heavy atom. The second-order valence-electron chi connectivity index (χ2n) is 3.40. The molecule has 0 saturated carbocycles. The van der Waals surface area contributed by atoms with Crippen molar-refractivity contribution in [1.82, 2.24) is 0 Å². The van der Waals surface area contributed by atoms with Crippen molar-refractivity contribution in [2.45, 2.75) is 12.8 Å². The van der Waals surface area contributed by atoms with Gasteiger partial charge < -0.3 is 0 Å². The molecule has 1 nitrogen and oxygen atoms in total. The van der Waals surface area contributed by atoms with Crippen LogP contribution in [0.5, 0.6) is 0 Å². The minimum absolute atomic E-state index is 0.229. The Morgan fingerprint density at radius 3 is 2.31 bits per heavy atom. The summed E-state index contributed by atoms with van der Waals surface area (Å²) >= 11 is 1.35. The molecule has 13 heavy (non-hydrogen) atoms. The van der Waals surface area contributed by atoms with Crippen molar-refractivity contribution in [3.8, 4) is 0 Å². The monoisotopic (exact) mass is 192 g/mol. The molecule has 1 aromatic rings. The first-order valence-electron chi connectivity index (χ1n) is 4.46. The van der Waals surface area contributed by atoms with E-state index in [2.05, 4.69) is 12.1 Å². The third-order valence-corrected chi connectivity index (χ3v) is 3.32. The second-order valence-corrected chi connectivity index (χ2v) is 4.21. The van der Waals surface area contributed by atoms with Crippen LogP contribution < -0.4 is 0 Å². The van der Waals surface area contributed by atoms with Gasteiger partial charge in [0.25, 0.3) is 0 Å². The van der Waals surface area contributed by atoms with Crippen molar-refractivity contribution >= 4 is 16.9 Å². The van der Waals surface area contributed by atoms with E-state index in [-0.39, 0.29) is 5.92 Å². The fourth-order valence-corrected chi connectivity index (χ4v) is 2.39. The normalized spacial score (nSPS) is 15.8. The molecule has 2 rings (SSSR count). The first-order chi connectivity index (χ1) is 6.31. The highest BCUT2D eigenvalue weighted by molar-refractivity contribution is 8.13. The number of thioether (sulfide) groups is 1. The second kappa shape index (κ2) is 3.54. The van der Waals surface area contributed by atoms with Gasteiger partial charge in [0.2, 0.25) is 0 Å². The van der Waals surface area contributed by atoms with E-state index in [1.54, 1.807) is 0 Å². The average Bonchev–Trinajstić information content (AvgIpc) is 2.59. The van der Waals surface area contributed by atoms with Crippen LogP contribution in [0.3, 0.4) is 0 Å². The van der Waals surface area contributed by atoms with Gasteiger partial charge in [0.05, 0.1) is 0 Å². The van der Waals surface area contributed by atoms with Gasteiger partial charge in [0.15, 0.2) is 5.12 Å². The molecule has 0 unspecified atom stereocenters. The van der Waals surface area contributed by atoms with Gasteiger partial charge in [-0.3, -0.25) is 4.79 Å². The lowest BCUT2D eigenvalue weighted by Gasteiger charge is -2.03. The quantitative estimate of drug-likeness (QED) is 0.679. The molecule has 0 atom stereocenters. The predicted octanol–water partition coefficient (Wildman–Crippen LogP) is 2.29. The zero-order valence-electron chi connectivity index (χ0n) is 7.62. The standard InChI is InChI=1S/C11H12OS/c1-13-11(12)10-6-8-4-2-3-5-9(8)7-10/h2-5,10H,6-7H2,1H3. The molecule has 1 aliphatic carbocycles. The van der Waals surface area contributed by atoms with Gasteiger partial charge in [-0.25, -0.2) is 0 Å². The first kappa shape index (κ1) is 8.82. The van der Waals surface area contributed by atoms with Crippen LogP contribution in [-0.4, -0.2) is 11.4 Å². The summed E-state index contributed by atoms with van der Waals surface area (Å²) in [4.78, 5) is 11.4. The Hall–Kier alpha value is -0.760. The van der Waals surface area contributed by atoms with Crippen molar-refractivity contribution in [1.29, 1.82) is 0 Å². The van der Waals surface area contributed by atoms with E-state index in [1.165, 1.54) is 22.9 Å². The summed E-state index contributed by atoms with van der Waals surface area (Å²) in [6.07, 6.45) is 3.75. The zero-order chi connectivity index (χ0) is 9.26. The lowest BCUT2D eigenvalue weighted by atomic mass is 10.1. The van der Waals surface area contributed by atoms with E-state index >= 15 is 0 Å². The number of carbonyl (C=O) groups excluding carboxylic acids is 1. The van der Waals surface area contributed by atoms with Crippen LogP contribution in [0.2, 0.25) is 0 Å². The summed E-state index contributed by atoms with van der Waals surface area (Å²) in [5.41, 5.74) is 2.71. The highest BCUT2D eigenvalue weighted by atomic mass is 32.2. The van der Waals surface area contributed by atoms with Crippen molar-refractivity contribution in [3.63, 3.8) is 0 Å². The molecule has 1 aliphatic rings. The van der Waals surface area contributed by atoms with Crippen molar-refractivity contribution in [3.05, 3.63) is 35.4 Å². The molecule has 68 valence electrons. The summed E-state index contributed by atoms with van der Waals surface area (Å²) in [5, 5.41) is 0.330. The summed E-state index contributed by atoms with van der Waals surface area (Å²) in [7, 11) is 0. The van der Waals surface area contributed by atoms with E-state index in [4.69, 9.17) is 0 Å². The number of rotatable bonds is 1. The van der Waals surface area contributed by atoms with Crippen LogP contribution in [0.1, 0.15) is 11.1 Å². The largest absolute Gasteiger partial charge is 0.287 e. The summed E-state index contributed by atoms with van der Waals surface area (Å²) in [5.74, 6) is 0.229. The Bertz CT molecular complexity index is 308. The minimum atomic E-state index is 0.229. The van der Waals surface area contributed by atoms with Gasteiger partial charge >= 0.3 is 0 Å². The van der Waals surface area contributed by atoms with Gasteiger partial charge in [-0.15, -0.1) is 0 Å². The molecule has 0 aliphatic heterocycles. The number of hydrogen-bond acceptors (Lipinski definition) is 2. The van der Waals surface area contributed by atoms with Gasteiger partial charge in [0.1, 0.15) is 0 Å². The topological polar surface area (TPSA) is 17.1 Å². The lowest BCUT2D eigenvalue weighted by Crippen LogP contribution is -2.09. The van der Waals surface area contributed by atoms with Crippen molar-refractivity contribution in [2.75, 3.05) is 6.26 Å². The van der Waals surface area contributed by atoms with Gasteiger partial charge in [0, 0.05) is 5.92 Å². The lowest BCUT2D eigenvalue weighted by molar-refractivity contribution is -0.114. The van der Waals surface area contributed by atoms with Crippen LogP contribution in [0.25, 0.3) is 0 Å². The maximum Gasteiger partial charge on any atom is 0.192 e. The van der Waals surface area contributed by atoms with Gasteiger partial charge in [-0.1, -0.05) is 36.0 Å². The Kier molecular flexibility index (Phi) is 2.40. The third-order valence-electron chi connectivity index (χ3n) is 2.59. The molecular weight excluding hydrogens is 180 g/mol. The molecule has 0 amide bonds. The van der Waals surface area contributed by atoms with Crippen LogP contribution in [0.15, 0.2) is 24.3 Å². The number of carbonyl (C=O) groups is 1.